The molecule has 1 aliphatic carbocycles. The first-order chi connectivity index (χ1) is 9.50. The number of benzene rings is 1. The molecule has 0 amide bonds. The van der Waals surface area contributed by atoms with Gasteiger partial charge in [0.1, 0.15) is 0 Å². The minimum atomic E-state index is 0.222. The summed E-state index contributed by atoms with van der Waals surface area (Å²) in [5.74, 6) is 0. The third-order valence-corrected chi connectivity index (χ3v) is 4.41. The Labute approximate surface area is 123 Å². The molecule has 0 saturated heterocycles. The Hall–Kier alpha value is -0.860. The lowest BCUT2D eigenvalue weighted by atomic mass is 9.81. The largest absolute Gasteiger partial charge is 0.381 e. The maximum Gasteiger partial charge on any atom is 0.0572 e. The number of hydrogen-bond acceptors (Lipinski definition) is 2. The van der Waals surface area contributed by atoms with Gasteiger partial charge in [-0.1, -0.05) is 51.1 Å². The van der Waals surface area contributed by atoms with Gasteiger partial charge in [0.2, 0.25) is 0 Å². The van der Waals surface area contributed by atoms with E-state index in [1.54, 1.807) is 0 Å². The molecule has 2 rings (SSSR count). The summed E-state index contributed by atoms with van der Waals surface area (Å²) in [6.07, 6.45) is 5.27. The summed E-state index contributed by atoms with van der Waals surface area (Å²) >= 11 is 0. The lowest BCUT2D eigenvalue weighted by Crippen LogP contribution is -2.42. The molecule has 1 N–H and O–H groups in total. The molecule has 1 saturated carbocycles. The minimum absolute atomic E-state index is 0.222. The van der Waals surface area contributed by atoms with Crippen LogP contribution in [0.4, 0.5) is 0 Å². The van der Waals surface area contributed by atoms with E-state index in [2.05, 4.69) is 56.4 Å². The van der Waals surface area contributed by atoms with Crippen molar-refractivity contribution >= 4 is 0 Å². The molecular weight excluding hydrogens is 246 g/mol. The molecule has 2 heteroatoms. The Kier molecular flexibility index (Phi) is 5.22. The van der Waals surface area contributed by atoms with E-state index in [4.69, 9.17) is 4.74 Å². The van der Waals surface area contributed by atoms with Crippen molar-refractivity contribution < 1.29 is 4.74 Å². The normalized spacial score (nSPS) is 25.4. The van der Waals surface area contributed by atoms with Gasteiger partial charge >= 0.3 is 0 Å². The van der Waals surface area contributed by atoms with Gasteiger partial charge in [-0.15, -0.1) is 0 Å². The van der Waals surface area contributed by atoms with Crippen LogP contribution in [0.5, 0.6) is 0 Å². The van der Waals surface area contributed by atoms with Crippen LogP contribution in [0.3, 0.4) is 0 Å². The second-order valence-electron chi connectivity index (χ2n) is 7.09. The lowest BCUT2D eigenvalue weighted by Gasteiger charge is -2.38. The molecular formula is C18H29NO. The van der Waals surface area contributed by atoms with Crippen molar-refractivity contribution in [1.82, 2.24) is 5.32 Å². The molecule has 1 aromatic rings. The SMILES string of the molecule is COC1CCC(NC(c2ccccc2)C(C)(C)C)CC1. The average molecular weight is 275 g/mol. The molecule has 0 spiro atoms. The van der Waals surface area contributed by atoms with Crippen molar-refractivity contribution in [2.24, 2.45) is 5.41 Å². The Morgan fingerprint density at radius 2 is 1.65 bits per heavy atom. The smallest absolute Gasteiger partial charge is 0.0572 e. The van der Waals surface area contributed by atoms with Gasteiger partial charge in [0.15, 0.2) is 0 Å². The Morgan fingerprint density at radius 1 is 1.05 bits per heavy atom. The fraction of sp³-hybridized carbons (Fsp3) is 0.667. The van der Waals surface area contributed by atoms with Crippen molar-refractivity contribution in [3.8, 4) is 0 Å². The predicted molar refractivity (Wildman–Crippen MR) is 84.8 cm³/mol. The highest BCUT2D eigenvalue weighted by Gasteiger charge is 2.30. The van der Waals surface area contributed by atoms with Gasteiger partial charge in [-0.05, 0) is 36.7 Å². The van der Waals surface area contributed by atoms with Crippen LogP contribution in [0, 0.1) is 5.41 Å². The van der Waals surface area contributed by atoms with Crippen molar-refractivity contribution in [2.45, 2.75) is 64.6 Å². The van der Waals surface area contributed by atoms with Crippen molar-refractivity contribution in [3.63, 3.8) is 0 Å². The first-order valence-corrected chi connectivity index (χ1v) is 7.84. The van der Waals surface area contributed by atoms with E-state index in [-0.39, 0.29) is 5.41 Å². The van der Waals surface area contributed by atoms with Crippen LogP contribution in [0.25, 0.3) is 0 Å². The average Bonchev–Trinajstić information content (AvgIpc) is 2.45. The Morgan fingerprint density at radius 3 is 2.15 bits per heavy atom. The summed E-state index contributed by atoms with van der Waals surface area (Å²) in [5, 5.41) is 3.90. The van der Waals surface area contributed by atoms with Crippen molar-refractivity contribution in [3.05, 3.63) is 35.9 Å². The minimum Gasteiger partial charge on any atom is -0.381 e. The maximum atomic E-state index is 5.47. The quantitative estimate of drug-likeness (QED) is 0.883. The monoisotopic (exact) mass is 275 g/mol. The topological polar surface area (TPSA) is 21.3 Å². The van der Waals surface area contributed by atoms with Gasteiger partial charge in [0.25, 0.3) is 0 Å². The second-order valence-corrected chi connectivity index (χ2v) is 7.09. The van der Waals surface area contributed by atoms with Gasteiger partial charge in [-0.2, -0.15) is 0 Å². The molecule has 20 heavy (non-hydrogen) atoms. The fourth-order valence-corrected chi connectivity index (χ4v) is 3.19. The zero-order valence-electron chi connectivity index (χ0n) is 13.4. The highest BCUT2D eigenvalue weighted by Crippen LogP contribution is 2.34. The first-order valence-electron chi connectivity index (χ1n) is 7.84. The number of ether oxygens (including phenoxy) is 1. The van der Waals surface area contributed by atoms with Crippen LogP contribution >= 0.6 is 0 Å². The van der Waals surface area contributed by atoms with E-state index in [1.807, 2.05) is 7.11 Å². The summed E-state index contributed by atoms with van der Waals surface area (Å²) in [6, 6.07) is 11.9. The van der Waals surface area contributed by atoms with E-state index >= 15 is 0 Å². The number of nitrogens with one attached hydrogen (secondary N) is 1. The van der Waals surface area contributed by atoms with Gasteiger partial charge in [-0.3, -0.25) is 0 Å². The summed E-state index contributed by atoms with van der Waals surface area (Å²) in [5.41, 5.74) is 1.62. The van der Waals surface area contributed by atoms with Gasteiger partial charge < -0.3 is 10.1 Å². The van der Waals surface area contributed by atoms with E-state index in [9.17, 15) is 0 Å². The van der Waals surface area contributed by atoms with Crippen LogP contribution in [-0.4, -0.2) is 19.3 Å². The molecule has 1 aromatic carbocycles. The Balaban J connectivity index is 2.03. The fourth-order valence-electron chi connectivity index (χ4n) is 3.19. The highest BCUT2D eigenvalue weighted by atomic mass is 16.5. The molecule has 1 unspecified atom stereocenters. The highest BCUT2D eigenvalue weighted by molar-refractivity contribution is 5.21. The molecule has 1 atom stereocenters. The van der Waals surface area contributed by atoms with Crippen LogP contribution < -0.4 is 5.32 Å². The first kappa shape index (κ1) is 15.5. The van der Waals surface area contributed by atoms with E-state index in [0.717, 1.165) is 0 Å². The molecule has 2 nitrogen and oxygen atoms in total. The molecule has 0 radical (unpaired) electrons. The molecule has 0 aromatic heterocycles. The van der Waals surface area contributed by atoms with Gasteiger partial charge in [0, 0.05) is 19.2 Å². The molecule has 112 valence electrons. The third-order valence-electron chi connectivity index (χ3n) is 4.41. The van der Waals surface area contributed by atoms with Gasteiger partial charge in [0.05, 0.1) is 6.10 Å². The number of methoxy groups -OCH3 is 1. The summed E-state index contributed by atoms with van der Waals surface area (Å²) < 4.78 is 5.47. The second kappa shape index (κ2) is 6.73. The third kappa shape index (κ3) is 4.07. The lowest BCUT2D eigenvalue weighted by molar-refractivity contribution is 0.0583. The predicted octanol–water partition coefficient (Wildman–Crippen LogP) is 4.32. The van der Waals surface area contributed by atoms with E-state index in [1.165, 1.54) is 31.2 Å². The summed E-state index contributed by atoms with van der Waals surface area (Å²) in [6.45, 7) is 6.95. The van der Waals surface area contributed by atoms with Crippen LogP contribution in [-0.2, 0) is 4.74 Å². The maximum absolute atomic E-state index is 5.47. The summed E-state index contributed by atoms with van der Waals surface area (Å²) in [7, 11) is 1.83. The van der Waals surface area contributed by atoms with Crippen LogP contribution in [0.2, 0.25) is 0 Å². The standard InChI is InChI=1S/C18H29NO/c1-18(2,3)17(14-8-6-5-7-9-14)19-15-10-12-16(20-4)13-11-15/h5-9,15-17,19H,10-13H2,1-4H3. The Bertz CT molecular complexity index is 388. The van der Waals surface area contributed by atoms with Gasteiger partial charge in [-0.25, -0.2) is 0 Å². The molecule has 0 aliphatic heterocycles. The molecule has 1 fully saturated rings. The van der Waals surface area contributed by atoms with Crippen molar-refractivity contribution in [2.75, 3.05) is 7.11 Å². The zero-order valence-corrected chi connectivity index (χ0v) is 13.4. The molecule has 1 aliphatic rings. The number of hydrogen-bond donors (Lipinski definition) is 1. The zero-order chi connectivity index (χ0) is 14.6. The molecule has 0 heterocycles. The number of rotatable bonds is 4. The molecule has 0 bridgehead atoms. The van der Waals surface area contributed by atoms with Crippen molar-refractivity contribution in [1.29, 1.82) is 0 Å². The van der Waals surface area contributed by atoms with Crippen LogP contribution in [0.1, 0.15) is 58.1 Å². The summed E-state index contributed by atoms with van der Waals surface area (Å²) in [4.78, 5) is 0. The van der Waals surface area contributed by atoms with E-state index < -0.39 is 0 Å². The van der Waals surface area contributed by atoms with E-state index in [0.29, 0.717) is 18.2 Å². The van der Waals surface area contributed by atoms with Crippen LogP contribution in [0.15, 0.2) is 30.3 Å².